The second-order valence-electron chi connectivity index (χ2n) is 12.0. The lowest BCUT2D eigenvalue weighted by Gasteiger charge is -2.26. The van der Waals surface area contributed by atoms with Crippen LogP contribution in [0.2, 0.25) is 0 Å². The number of hydrogen-bond acceptors (Lipinski definition) is 11. The van der Waals surface area contributed by atoms with Crippen molar-refractivity contribution >= 4 is 23.6 Å². The van der Waals surface area contributed by atoms with Crippen LogP contribution in [0.25, 0.3) is 0 Å². The summed E-state index contributed by atoms with van der Waals surface area (Å²) in [7, 11) is 2.90. The minimum atomic E-state index is -1.37. The van der Waals surface area contributed by atoms with Gasteiger partial charge in [-0.2, -0.15) is 0 Å². The van der Waals surface area contributed by atoms with Gasteiger partial charge < -0.3 is 40.2 Å². The standard InChI is InChI=1S/C36H42N8O8/c1-23(45)32-35(48)38-14-16-43(36(49)26-11-13-37-31(21-26)51-3)15-12-27-22-44(42-41-27)17-18-52-29-10-9-25(20-30(29)50-2)33(46)39-28(34(47)40-32)19-24-7-5-4-6-8-24/h4-11,13,20-23,28,32,45H,12,14-19H2,1-3H3,(H,38,48)(H,39,46)(H,40,47)/t23-,28-,32+/m1/s1. The molecule has 6 rings (SSSR count). The van der Waals surface area contributed by atoms with Gasteiger partial charge in [0.05, 0.1) is 32.6 Å². The molecule has 2 aromatic heterocycles. The predicted molar refractivity (Wildman–Crippen MR) is 187 cm³/mol. The highest BCUT2D eigenvalue weighted by Gasteiger charge is 2.30. The van der Waals surface area contributed by atoms with E-state index in [1.54, 1.807) is 34.0 Å². The van der Waals surface area contributed by atoms with Crippen molar-refractivity contribution in [2.75, 3.05) is 40.5 Å². The lowest BCUT2D eigenvalue weighted by atomic mass is 10.0. The van der Waals surface area contributed by atoms with E-state index >= 15 is 0 Å². The molecule has 4 heterocycles. The number of aliphatic hydroxyl groups is 1. The molecular formula is C36H42N8O8. The number of methoxy groups -OCH3 is 2. The van der Waals surface area contributed by atoms with E-state index < -0.39 is 35.9 Å². The SMILES string of the molecule is COc1cc(C(=O)N2CCNC(=O)[C@H]([C@@H](C)O)NC(=O)[C@@H](Cc3ccccc3)NC(=O)c3ccc(c(OC)c3)OCCn3cc(nn3)CC2)ccn1. The maximum absolute atomic E-state index is 13.7. The molecule has 4 N–H and O–H groups in total. The first-order valence-electron chi connectivity index (χ1n) is 16.7. The van der Waals surface area contributed by atoms with E-state index in [0.717, 1.165) is 5.56 Å². The Morgan fingerprint density at radius 1 is 1.00 bits per heavy atom. The molecule has 4 amide bonds. The highest BCUT2D eigenvalue weighted by atomic mass is 16.5. The summed E-state index contributed by atoms with van der Waals surface area (Å²) in [6.45, 7) is 2.25. The van der Waals surface area contributed by atoms with E-state index in [9.17, 15) is 24.3 Å². The molecule has 2 aliphatic rings. The van der Waals surface area contributed by atoms with Gasteiger partial charge in [-0.25, -0.2) is 9.67 Å². The Morgan fingerprint density at radius 3 is 2.56 bits per heavy atom. The molecule has 0 unspecified atom stereocenters. The summed E-state index contributed by atoms with van der Waals surface area (Å²) in [5.74, 6) is -1.29. The van der Waals surface area contributed by atoms with E-state index in [2.05, 4.69) is 31.2 Å². The second-order valence-corrected chi connectivity index (χ2v) is 12.0. The number of hydrogen-bond donors (Lipinski definition) is 4. The number of amides is 4. The zero-order valence-corrected chi connectivity index (χ0v) is 29.2. The van der Waals surface area contributed by atoms with Crippen LogP contribution in [0, 0.1) is 0 Å². The van der Waals surface area contributed by atoms with Gasteiger partial charge in [-0.1, -0.05) is 35.5 Å². The van der Waals surface area contributed by atoms with Gasteiger partial charge in [-0.3, -0.25) is 19.2 Å². The minimum absolute atomic E-state index is 0.00223. The molecule has 16 nitrogen and oxygen atoms in total. The fourth-order valence-electron chi connectivity index (χ4n) is 5.52. The zero-order chi connectivity index (χ0) is 37.0. The molecule has 0 radical (unpaired) electrons. The van der Waals surface area contributed by atoms with Crippen LogP contribution in [0.1, 0.15) is 38.9 Å². The molecule has 3 atom stereocenters. The van der Waals surface area contributed by atoms with E-state index in [1.807, 2.05) is 30.3 Å². The van der Waals surface area contributed by atoms with E-state index in [4.69, 9.17) is 14.2 Å². The Morgan fingerprint density at radius 2 is 1.81 bits per heavy atom. The van der Waals surface area contributed by atoms with Gasteiger partial charge in [0.2, 0.25) is 17.7 Å². The molecule has 0 saturated heterocycles. The lowest BCUT2D eigenvalue weighted by molar-refractivity contribution is -0.132. The fourth-order valence-corrected chi connectivity index (χ4v) is 5.52. The normalized spacial score (nSPS) is 18.3. The molecular weight excluding hydrogens is 672 g/mol. The Balaban J connectivity index is 1.43. The quantitative estimate of drug-likeness (QED) is 0.206. The van der Waals surface area contributed by atoms with Crippen molar-refractivity contribution in [3.63, 3.8) is 0 Å². The number of benzene rings is 2. The number of carbonyl (C=O) groups is 4. The largest absolute Gasteiger partial charge is 0.493 e. The number of rotatable bonds is 6. The topological polar surface area (TPSA) is 199 Å². The summed E-state index contributed by atoms with van der Waals surface area (Å²) in [5, 5.41) is 27.1. The second kappa shape index (κ2) is 17.8. The molecule has 4 aromatic rings. The smallest absolute Gasteiger partial charge is 0.254 e. The molecule has 2 aliphatic heterocycles. The van der Waals surface area contributed by atoms with Gasteiger partial charge in [-0.15, -0.1) is 5.10 Å². The molecule has 4 bridgehead atoms. The summed E-state index contributed by atoms with van der Waals surface area (Å²) in [6, 6.07) is 14.3. The summed E-state index contributed by atoms with van der Waals surface area (Å²) in [6.07, 6.45) is 2.38. The average molecular weight is 715 g/mol. The van der Waals surface area contributed by atoms with Crippen LogP contribution in [0.5, 0.6) is 17.4 Å². The van der Waals surface area contributed by atoms with Gasteiger partial charge in [0.1, 0.15) is 18.7 Å². The van der Waals surface area contributed by atoms with Crippen molar-refractivity contribution in [1.29, 1.82) is 0 Å². The van der Waals surface area contributed by atoms with Gasteiger partial charge in [0.25, 0.3) is 11.8 Å². The molecule has 2 aromatic carbocycles. The Labute approximate surface area is 300 Å². The predicted octanol–water partition coefficient (Wildman–Crippen LogP) is 0.791. The van der Waals surface area contributed by atoms with Crippen LogP contribution < -0.4 is 30.2 Å². The van der Waals surface area contributed by atoms with E-state index in [0.29, 0.717) is 35.7 Å². The molecule has 16 heteroatoms. The first-order valence-corrected chi connectivity index (χ1v) is 16.7. The Hall–Kier alpha value is -6.03. The highest BCUT2D eigenvalue weighted by Crippen LogP contribution is 2.28. The minimum Gasteiger partial charge on any atom is -0.493 e. The van der Waals surface area contributed by atoms with Crippen molar-refractivity contribution in [3.05, 3.63) is 95.4 Å². The number of aliphatic hydroxyl groups excluding tert-OH is 1. The fraction of sp³-hybridized carbons (Fsp3) is 0.361. The first-order chi connectivity index (χ1) is 25.1. The van der Waals surface area contributed by atoms with Crippen LogP contribution in [0.4, 0.5) is 0 Å². The highest BCUT2D eigenvalue weighted by molar-refractivity contribution is 5.99. The van der Waals surface area contributed by atoms with Crippen LogP contribution in [-0.4, -0.2) is 112 Å². The average Bonchev–Trinajstić information content (AvgIpc) is 3.61. The first kappa shape index (κ1) is 37.2. The van der Waals surface area contributed by atoms with Crippen molar-refractivity contribution < 1.29 is 38.5 Å². The number of nitrogens with zero attached hydrogens (tertiary/aromatic N) is 5. The molecule has 0 fully saturated rings. The number of nitrogens with one attached hydrogen (secondary N) is 3. The van der Waals surface area contributed by atoms with Gasteiger partial charge in [0, 0.05) is 62.1 Å². The van der Waals surface area contributed by atoms with Gasteiger partial charge in [0.15, 0.2) is 11.5 Å². The van der Waals surface area contributed by atoms with Crippen molar-refractivity contribution in [2.45, 2.75) is 44.5 Å². The van der Waals surface area contributed by atoms with Gasteiger partial charge in [-0.05, 0) is 36.8 Å². The molecule has 0 aliphatic carbocycles. The zero-order valence-electron chi connectivity index (χ0n) is 29.2. The number of ether oxygens (including phenoxy) is 3. The maximum Gasteiger partial charge on any atom is 0.254 e. The number of aromatic nitrogens is 4. The number of pyridine rings is 1. The van der Waals surface area contributed by atoms with E-state index in [-0.39, 0.29) is 50.0 Å². The summed E-state index contributed by atoms with van der Waals surface area (Å²) in [5.41, 5.74) is 1.93. The van der Waals surface area contributed by atoms with Gasteiger partial charge >= 0.3 is 0 Å². The molecule has 274 valence electrons. The van der Waals surface area contributed by atoms with Crippen LogP contribution in [-0.2, 0) is 29.0 Å². The Bertz CT molecular complexity index is 1850. The third-order valence-corrected chi connectivity index (χ3v) is 8.35. The van der Waals surface area contributed by atoms with Crippen LogP contribution in [0.3, 0.4) is 0 Å². The molecule has 52 heavy (non-hydrogen) atoms. The molecule has 0 saturated carbocycles. The third kappa shape index (κ3) is 9.81. The number of carbonyl (C=O) groups excluding carboxylic acids is 4. The monoisotopic (exact) mass is 714 g/mol. The summed E-state index contributed by atoms with van der Waals surface area (Å²) >= 11 is 0. The van der Waals surface area contributed by atoms with Crippen LogP contribution in [0.15, 0.2) is 73.1 Å². The maximum atomic E-state index is 13.7. The number of fused-ring (bicyclic) bond motifs is 16. The Kier molecular flexibility index (Phi) is 12.7. The van der Waals surface area contributed by atoms with Crippen molar-refractivity contribution in [3.8, 4) is 17.4 Å². The summed E-state index contributed by atoms with van der Waals surface area (Å²) < 4.78 is 18.3. The molecule has 0 spiro atoms. The van der Waals surface area contributed by atoms with Crippen molar-refractivity contribution in [2.24, 2.45) is 0 Å². The van der Waals surface area contributed by atoms with Crippen molar-refractivity contribution in [1.82, 2.24) is 40.8 Å². The lowest BCUT2D eigenvalue weighted by Crippen LogP contribution is -2.58. The van der Waals surface area contributed by atoms with Crippen LogP contribution >= 0.6 is 0 Å². The summed E-state index contributed by atoms with van der Waals surface area (Å²) in [4.78, 5) is 60.0. The van der Waals surface area contributed by atoms with E-state index in [1.165, 1.54) is 39.5 Å². The third-order valence-electron chi connectivity index (χ3n) is 8.35.